The Morgan fingerprint density at radius 3 is 2.66 bits per heavy atom. The van der Waals surface area contributed by atoms with Crippen LogP contribution < -0.4 is 10.9 Å². The standard InChI is InChI=1S/C23H23ClFN3O5S2/c1-14-9-18(35(31,32)17-4-2-3-16(24)11-17)12-21(29)28(14)19(10-15-5-7-33-8-6-15)22(30)27-23-26-13-20(25)34-23/h2-4,9,11-13,15,19H,5-8,10H2,1H3,(H,26,27,30)/t19-/m0/s1. The highest BCUT2D eigenvalue weighted by Gasteiger charge is 2.30. The number of pyridine rings is 1. The normalized spacial score (nSPS) is 15.6. The highest BCUT2D eigenvalue weighted by Crippen LogP contribution is 2.29. The summed E-state index contributed by atoms with van der Waals surface area (Å²) in [5, 5.41) is 2.37. The molecule has 1 aliphatic rings. The Hall–Kier alpha value is -2.60. The fourth-order valence-corrected chi connectivity index (χ4v) is 6.33. The van der Waals surface area contributed by atoms with Gasteiger partial charge in [0.2, 0.25) is 15.7 Å². The third-order valence-corrected chi connectivity index (χ3v) is 8.54. The van der Waals surface area contributed by atoms with E-state index in [1.54, 1.807) is 13.0 Å². The first-order chi connectivity index (χ1) is 16.6. The van der Waals surface area contributed by atoms with Gasteiger partial charge in [-0.1, -0.05) is 29.0 Å². The zero-order chi connectivity index (χ0) is 25.2. The predicted molar refractivity (Wildman–Crippen MR) is 130 cm³/mol. The molecule has 0 unspecified atom stereocenters. The average Bonchev–Trinajstić information content (AvgIpc) is 3.22. The molecule has 1 aromatic carbocycles. The van der Waals surface area contributed by atoms with Crippen molar-refractivity contribution in [3.05, 3.63) is 68.8 Å². The quantitative estimate of drug-likeness (QED) is 0.481. The Balaban J connectivity index is 1.72. The molecule has 8 nitrogen and oxygen atoms in total. The van der Waals surface area contributed by atoms with E-state index in [1.807, 2.05) is 0 Å². The number of halogens is 2. The van der Waals surface area contributed by atoms with E-state index in [4.69, 9.17) is 16.3 Å². The lowest BCUT2D eigenvalue weighted by atomic mass is 9.91. The second kappa shape index (κ2) is 10.6. The third kappa shape index (κ3) is 5.80. The first-order valence-corrected chi connectivity index (χ1v) is 13.6. The number of anilines is 1. The van der Waals surface area contributed by atoms with Crippen molar-refractivity contribution < 1.29 is 22.3 Å². The van der Waals surface area contributed by atoms with Crippen LogP contribution in [0.4, 0.5) is 9.52 Å². The molecule has 35 heavy (non-hydrogen) atoms. The second-order valence-electron chi connectivity index (χ2n) is 8.27. The minimum absolute atomic E-state index is 0.0381. The molecular formula is C23H23ClFN3O5S2. The van der Waals surface area contributed by atoms with Crippen molar-refractivity contribution in [1.29, 1.82) is 0 Å². The average molecular weight is 540 g/mol. The van der Waals surface area contributed by atoms with Crippen LogP contribution in [0, 0.1) is 18.0 Å². The number of amides is 1. The van der Waals surface area contributed by atoms with Gasteiger partial charge >= 0.3 is 0 Å². The van der Waals surface area contributed by atoms with Gasteiger partial charge in [-0.25, -0.2) is 13.4 Å². The van der Waals surface area contributed by atoms with Crippen molar-refractivity contribution in [2.45, 2.75) is 42.0 Å². The number of aromatic nitrogens is 2. The van der Waals surface area contributed by atoms with Gasteiger partial charge in [-0.3, -0.25) is 9.59 Å². The Bertz CT molecular complexity index is 1400. The van der Waals surface area contributed by atoms with Crippen LogP contribution >= 0.6 is 22.9 Å². The van der Waals surface area contributed by atoms with Gasteiger partial charge in [0, 0.05) is 30.0 Å². The first kappa shape index (κ1) is 25.5. The summed E-state index contributed by atoms with van der Waals surface area (Å²) in [5.41, 5.74) is -0.334. The molecule has 1 N–H and O–H groups in total. The van der Waals surface area contributed by atoms with E-state index in [-0.39, 0.29) is 25.9 Å². The van der Waals surface area contributed by atoms with E-state index >= 15 is 0 Å². The number of thiazole rings is 1. The van der Waals surface area contributed by atoms with Crippen molar-refractivity contribution in [3.63, 3.8) is 0 Å². The number of nitrogens with one attached hydrogen (secondary N) is 1. The van der Waals surface area contributed by atoms with Crippen molar-refractivity contribution >= 4 is 43.8 Å². The summed E-state index contributed by atoms with van der Waals surface area (Å²) >= 11 is 6.63. The molecule has 2 aromatic heterocycles. The lowest BCUT2D eigenvalue weighted by Crippen LogP contribution is -2.36. The molecule has 0 aliphatic carbocycles. The first-order valence-electron chi connectivity index (χ1n) is 10.9. The fourth-order valence-electron chi connectivity index (χ4n) is 4.14. The molecule has 0 saturated carbocycles. The number of rotatable bonds is 7. The number of sulfone groups is 1. The second-order valence-corrected chi connectivity index (χ2v) is 11.6. The summed E-state index contributed by atoms with van der Waals surface area (Å²) < 4.78 is 46.3. The largest absolute Gasteiger partial charge is 0.381 e. The monoisotopic (exact) mass is 539 g/mol. The molecule has 1 atom stereocenters. The number of carbonyl (C=O) groups excluding carboxylic acids is 1. The van der Waals surface area contributed by atoms with Crippen LogP contribution in [0.2, 0.25) is 5.02 Å². The molecule has 0 radical (unpaired) electrons. The van der Waals surface area contributed by atoms with Crippen LogP contribution in [0.15, 0.2) is 57.2 Å². The lowest BCUT2D eigenvalue weighted by Gasteiger charge is -2.28. The van der Waals surface area contributed by atoms with Crippen molar-refractivity contribution in [2.75, 3.05) is 18.5 Å². The number of carbonyl (C=O) groups is 1. The Kier molecular flexibility index (Phi) is 7.70. The van der Waals surface area contributed by atoms with Crippen LogP contribution in [-0.2, 0) is 19.4 Å². The minimum Gasteiger partial charge on any atom is -0.381 e. The number of hydrogen-bond donors (Lipinski definition) is 1. The summed E-state index contributed by atoms with van der Waals surface area (Å²) in [6, 6.07) is 7.21. The molecule has 1 amide bonds. The van der Waals surface area contributed by atoms with E-state index < -0.39 is 32.5 Å². The van der Waals surface area contributed by atoms with Gasteiger partial charge in [0.25, 0.3) is 5.56 Å². The maximum absolute atomic E-state index is 13.4. The summed E-state index contributed by atoms with van der Waals surface area (Å²) in [6.07, 6.45) is 2.79. The molecule has 12 heteroatoms. The molecule has 186 valence electrons. The summed E-state index contributed by atoms with van der Waals surface area (Å²) in [4.78, 5) is 30.1. The van der Waals surface area contributed by atoms with Gasteiger partial charge in [0.05, 0.1) is 16.0 Å². The van der Waals surface area contributed by atoms with Gasteiger partial charge in [-0.2, -0.15) is 4.39 Å². The number of hydrogen-bond acceptors (Lipinski definition) is 7. The molecule has 1 fully saturated rings. The maximum Gasteiger partial charge on any atom is 0.252 e. The van der Waals surface area contributed by atoms with Crippen molar-refractivity contribution in [3.8, 4) is 0 Å². The summed E-state index contributed by atoms with van der Waals surface area (Å²) in [7, 11) is -4.01. The topological polar surface area (TPSA) is 107 Å². The van der Waals surface area contributed by atoms with E-state index in [9.17, 15) is 22.4 Å². The molecule has 0 spiro atoms. The van der Waals surface area contributed by atoms with Crippen LogP contribution in [0.25, 0.3) is 0 Å². The van der Waals surface area contributed by atoms with Gasteiger partial charge in [-0.15, -0.1) is 0 Å². The molecule has 3 aromatic rings. The fraction of sp³-hybridized carbons (Fsp3) is 0.348. The van der Waals surface area contributed by atoms with E-state index in [1.165, 1.54) is 28.8 Å². The Labute approximate surface area is 210 Å². The third-order valence-electron chi connectivity index (χ3n) is 5.87. The molecule has 1 aliphatic heterocycles. The summed E-state index contributed by atoms with van der Waals surface area (Å²) in [6.45, 7) is 2.69. The minimum atomic E-state index is -4.01. The van der Waals surface area contributed by atoms with Gasteiger partial charge in [-0.05, 0) is 56.4 Å². The van der Waals surface area contributed by atoms with E-state index in [0.29, 0.717) is 36.7 Å². The number of ether oxygens (including phenoxy) is 1. The predicted octanol–water partition coefficient (Wildman–Crippen LogP) is 4.24. The van der Waals surface area contributed by atoms with Gasteiger partial charge < -0.3 is 14.6 Å². The van der Waals surface area contributed by atoms with Crippen LogP contribution in [0.5, 0.6) is 0 Å². The van der Waals surface area contributed by atoms with Crippen LogP contribution in [0.3, 0.4) is 0 Å². The number of aryl methyl sites for hydroxylation is 1. The van der Waals surface area contributed by atoms with Crippen LogP contribution in [0.1, 0.15) is 31.0 Å². The maximum atomic E-state index is 13.4. The van der Waals surface area contributed by atoms with E-state index in [0.717, 1.165) is 25.1 Å². The lowest BCUT2D eigenvalue weighted by molar-refractivity contribution is -0.120. The van der Waals surface area contributed by atoms with Gasteiger partial charge in [0.1, 0.15) is 6.04 Å². The SMILES string of the molecule is Cc1cc(S(=O)(=O)c2cccc(Cl)c2)cc(=O)n1[C@@H](CC1CCOCC1)C(=O)Nc1ncc(F)s1. The highest BCUT2D eigenvalue weighted by molar-refractivity contribution is 7.91. The molecule has 0 bridgehead atoms. The summed E-state index contributed by atoms with van der Waals surface area (Å²) in [5.74, 6) is -0.407. The Morgan fingerprint density at radius 2 is 2.03 bits per heavy atom. The van der Waals surface area contributed by atoms with E-state index in [2.05, 4.69) is 10.3 Å². The molecule has 1 saturated heterocycles. The smallest absolute Gasteiger partial charge is 0.252 e. The van der Waals surface area contributed by atoms with Crippen molar-refractivity contribution in [1.82, 2.24) is 9.55 Å². The van der Waals surface area contributed by atoms with Crippen LogP contribution in [-0.4, -0.2) is 37.1 Å². The molecule has 4 rings (SSSR count). The zero-order valence-corrected chi connectivity index (χ0v) is 21.1. The van der Waals surface area contributed by atoms with Crippen molar-refractivity contribution in [2.24, 2.45) is 5.92 Å². The Morgan fingerprint density at radius 1 is 1.29 bits per heavy atom. The number of nitrogens with zero attached hydrogens (tertiary/aromatic N) is 2. The molecular weight excluding hydrogens is 517 g/mol. The van der Waals surface area contributed by atoms with Gasteiger partial charge in [0.15, 0.2) is 10.3 Å². The molecule has 3 heterocycles. The zero-order valence-electron chi connectivity index (χ0n) is 18.7. The number of benzene rings is 1. The highest BCUT2D eigenvalue weighted by atomic mass is 35.5.